The zero-order chi connectivity index (χ0) is 10.0. The normalized spacial score (nSPS) is 32.3. The molecule has 1 aromatic heterocycles. The molecule has 1 fully saturated rings. The topological polar surface area (TPSA) is 22.4 Å². The maximum absolute atomic E-state index is 6.07. The zero-order valence-corrected chi connectivity index (χ0v) is 9.09. The fourth-order valence-electron chi connectivity index (χ4n) is 2.07. The lowest BCUT2D eigenvalue weighted by Gasteiger charge is -2.29. The Balaban J connectivity index is 2.13. The molecule has 3 heteroatoms. The fraction of sp³-hybridized carbons (Fsp3) is 0.636. The second-order valence-electron chi connectivity index (χ2n) is 4.07. The monoisotopic (exact) mass is 214 g/mol. The summed E-state index contributed by atoms with van der Waals surface area (Å²) < 4.78 is 10.7. The Hall–Kier alpha value is -0.470. The van der Waals surface area contributed by atoms with Crippen LogP contribution in [-0.4, -0.2) is 18.6 Å². The van der Waals surface area contributed by atoms with Gasteiger partial charge in [-0.3, -0.25) is 0 Å². The van der Waals surface area contributed by atoms with Crippen molar-refractivity contribution >= 4 is 11.6 Å². The zero-order valence-electron chi connectivity index (χ0n) is 8.33. The van der Waals surface area contributed by atoms with Crippen molar-refractivity contribution in [3.8, 4) is 0 Å². The average molecular weight is 215 g/mol. The van der Waals surface area contributed by atoms with Gasteiger partial charge >= 0.3 is 0 Å². The number of hydrogen-bond acceptors (Lipinski definition) is 2. The van der Waals surface area contributed by atoms with Crippen LogP contribution in [0.4, 0.5) is 0 Å². The Bertz CT molecular complexity index is 283. The molecule has 1 aliphatic rings. The van der Waals surface area contributed by atoms with Crippen LogP contribution in [-0.2, 0) is 11.2 Å². The second kappa shape index (κ2) is 3.95. The van der Waals surface area contributed by atoms with Gasteiger partial charge in [-0.2, -0.15) is 0 Å². The van der Waals surface area contributed by atoms with Crippen LogP contribution in [0.1, 0.15) is 18.9 Å². The molecule has 1 aromatic rings. The third kappa shape index (κ3) is 1.69. The van der Waals surface area contributed by atoms with Crippen LogP contribution in [0.3, 0.4) is 0 Å². The minimum Gasteiger partial charge on any atom is -0.472 e. The summed E-state index contributed by atoms with van der Waals surface area (Å²) in [6, 6.07) is 2.00. The molecule has 14 heavy (non-hydrogen) atoms. The summed E-state index contributed by atoms with van der Waals surface area (Å²) in [5.41, 5.74) is 1.31. The van der Waals surface area contributed by atoms with Gasteiger partial charge in [-0.15, -0.1) is 11.6 Å². The van der Waals surface area contributed by atoms with Crippen LogP contribution in [0.15, 0.2) is 23.0 Å². The van der Waals surface area contributed by atoms with Gasteiger partial charge in [0, 0.05) is 17.9 Å². The second-order valence-corrected chi connectivity index (χ2v) is 4.33. The van der Waals surface area contributed by atoms with Crippen LogP contribution in [0.25, 0.3) is 0 Å². The molecule has 0 aromatic carbocycles. The minimum atomic E-state index is 0.103. The van der Waals surface area contributed by atoms with Gasteiger partial charge in [0.25, 0.3) is 0 Å². The van der Waals surface area contributed by atoms with E-state index in [1.54, 1.807) is 12.5 Å². The van der Waals surface area contributed by atoms with E-state index >= 15 is 0 Å². The summed E-state index contributed by atoms with van der Waals surface area (Å²) in [6.45, 7) is 2.93. The first kappa shape index (κ1) is 10.1. The molecule has 0 saturated carbocycles. The highest BCUT2D eigenvalue weighted by atomic mass is 35.5. The van der Waals surface area contributed by atoms with Crippen LogP contribution in [0.2, 0.25) is 0 Å². The summed E-state index contributed by atoms with van der Waals surface area (Å²) in [7, 11) is 0. The van der Waals surface area contributed by atoms with E-state index in [4.69, 9.17) is 20.8 Å². The van der Waals surface area contributed by atoms with Gasteiger partial charge in [-0.1, -0.05) is 0 Å². The lowest BCUT2D eigenvalue weighted by molar-refractivity contribution is 0.0735. The first-order chi connectivity index (χ1) is 6.77. The van der Waals surface area contributed by atoms with E-state index in [2.05, 4.69) is 6.92 Å². The SMILES string of the molecule is CC1OCCC1(CCl)Cc1ccoc1. The first-order valence-electron chi connectivity index (χ1n) is 4.95. The van der Waals surface area contributed by atoms with Crippen molar-refractivity contribution in [2.75, 3.05) is 12.5 Å². The molecule has 2 nitrogen and oxygen atoms in total. The average Bonchev–Trinajstić information content (AvgIpc) is 2.79. The molecule has 0 bridgehead atoms. The molecule has 1 saturated heterocycles. The number of ether oxygens (including phenoxy) is 1. The van der Waals surface area contributed by atoms with Gasteiger partial charge < -0.3 is 9.15 Å². The molecular weight excluding hydrogens is 200 g/mol. The van der Waals surface area contributed by atoms with Crippen molar-refractivity contribution in [3.63, 3.8) is 0 Å². The van der Waals surface area contributed by atoms with E-state index in [9.17, 15) is 0 Å². The smallest absolute Gasteiger partial charge is 0.0934 e. The molecule has 0 spiro atoms. The van der Waals surface area contributed by atoms with Gasteiger partial charge in [0.05, 0.1) is 18.6 Å². The Kier molecular flexibility index (Phi) is 2.84. The van der Waals surface area contributed by atoms with Gasteiger partial charge in [-0.25, -0.2) is 0 Å². The lowest BCUT2D eigenvalue weighted by atomic mass is 9.78. The van der Waals surface area contributed by atoms with Crippen molar-refractivity contribution in [2.24, 2.45) is 5.41 Å². The van der Waals surface area contributed by atoms with Crippen LogP contribution >= 0.6 is 11.6 Å². The first-order valence-corrected chi connectivity index (χ1v) is 5.49. The highest BCUT2D eigenvalue weighted by Gasteiger charge is 2.40. The van der Waals surface area contributed by atoms with Crippen molar-refractivity contribution in [3.05, 3.63) is 24.2 Å². The number of rotatable bonds is 3. The largest absolute Gasteiger partial charge is 0.472 e. The molecule has 1 aliphatic heterocycles. The summed E-state index contributed by atoms with van der Waals surface area (Å²) in [5, 5.41) is 0. The number of halogens is 1. The van der Waals surface area contributed by atoms with Gasteiger partial charge in [0.2, 0.25) is 0 Å². The summed E-state index contributed by atoms with van der Waals surface area (Å²) >= 11 is 6.07. The third-order valence-electron chi connectivity index (χ3n) is 3.23. The van der Waals surface area contributed by atoms with Gasteiger partial charge in [0.1, 0.15) is 0 Å². The summed E-state index contributed by atoms with van der Waals surface area (Å²) in [5.74, 6) is 0.652. The maximum Gasteiger partial charge on any atom is 0.0934 e. The highest BCUT2D eigenvalue weighted by Crippen LogP contribution is 2.39. The van der Waals surface area contributed by atoms with E-state index in [0.717, 1.165) is 19.4 Å². The molecular formula is C11H15ClO2. The molecule has 0 amide bonds. The number of hydrogen-bond donors (Lipinski definition) is 0. The minimum absolute atomic E-state index is 0.103. The van der Waals surface area contributed by atoms with E-state index in [-0.39, 0.29) is 11.5 Å². The molecule has 0 N–H and O–H groups in total. The molecule has 0 radical (unpaired) electrons. The fourth-order valence-corrected chi connectivity index (χ4v) is 2.52. The number of alkyl halides is 1. The maximum atomic E-state index is 6.07. The Morgan fingerprint density at radius 1 is 1.64 bits per heavy atom. The van der Waals surface area contributed by atoms with Crippen LogP contribution in [0, 0.1) is 5.41 Å². The van der Waals surface area contributed by atoms with Crippen LogP contribution < -0.4 is 0 Å². The van der Waals surface area contributed by atoms with E-state index in [1.807, 2.05) is 6.07 Å². The lowest BCUT2D eigenvalue weighted by Crippen LogP contribution is -2.32. The van der Waals surface area contributed by atoms with Crippen molar-refractivity contribution in [2.45, 2.75) is 25.9 Å². The quantitative estimate of drug-likeness (QED) is 0.722. The van der Waals surface area contributed by atoms with Gasteiger partial charge in [0.15, 0.2) is 0 Å². The molecule has 2 unspecified atom stereocenters. The summed E-state index contributed by atoms with van der Waals surface area (Å²) in [6.07, 6.45) is 5.74. The Morgan fingerprint density at radius 2 is 2.50 bits per heavy atom. The predicted octanol–water partition coefficient (Wildman–Crippen LogP) is 2.86. The van der Waals surface area contributed by atoms with Crippen LogP contribution in [0.5, 0.6) is 0 Å². The molecule has 2 rings (SSSR count). The molecule has 2 atom stereocenters. The molecule has 0 aliphatic carbocycles. The van der Waals surface area contributed by atoms with Crippen molar-refractivity contribution in [1.29, 1.82) is 0 Å². The van der Waals surface area contributed by atoms with E-state index in [0.29, 0.717) is 5.88 Å². The summed E-state index contributed by atoms with van der Waals surface area (Å²) in [4.78, 5) is 0. The molecule has 78 valence electrons. The van der Waals surface area contributed by atoms with E-state index < -0.39 is 0 Å². The predicted molar refractivity (Wildman–Crippen MR) is 55.6 cm³/mol. The number of furan rings is 1. The van der Waals surface area contributed by atoms with E-state index in [1.165, 1.54) is 5.56 Å². The third-order valence-corrected chi connectivity index (χ3v) is 3.76. The Morgan fingerprint density at radius 3 is 3.00 bits per heavy atom. The van der Waals surface area contributed by atoms with Crippen molar-refractivity contribution < 1.29 is 9.15 Å². The van der Waals surface area contributed by atoms with Crippen molar-refractivity contribution in [1.82, 2.24) is 0 Å². The highest BCUT2D eigenvalue weighted by molar-refractivity contribution is 6.18. The standard InChI is InChI=1S/C11H15ClO2/c1-9-11(8-12,3-5-14-9)6-10-2-4-13-7-10/h2,4,7,9H,3,5-6,8H2,1H3. The molecule has 2 heterocycles. The van der Waals surface area contributed by atoms with Gasteiger partial charge in [-0.05, 0) is 31.4 Å². The Labute approximate surface area is 89.2 Å².